The van der Waals surface area contributed by atoms with Gasteiger partial charge in [0.05, 0.1) is 0 Å². The van der Waals surface area contributed by atoms with Crippen molar-refractivity contribution in [3.05, 3.63) is 12.7 Å². The molecule has 0 saturated carbocycles. The SMILES string of the molecule is C=CC(C)/C=N/NC(=O)CC. The summed E-state index contributed by atoms with van der Waals surface area (Å²) in [5.74, 6) is 0.129. The molecular weight excluding hydrogens is 140 g/mol. The van der Waals surface area contributed by atoms with E-state index in [1.54, 1.807) is 19.2 Å². The third-order valence-electron chi connectivity index (χ3n) is 1.19. The van der Waals surface area contributed by atoms with Gasteiger partial charge in [-0.1, -0.05) is 19.9 Å². The normalized spacial score (nSPS) is 12.9. The second kappa shape index (κ2) is 5.65. The van der Waals surface area contributed by atoms with Crippen LogP contribution in [0.3, 0.4) is 0 Å². The number of hydrazone groups is 1. The van der Waals surface area contributed by atoms with E-state index in [2.05, 4.69) is 17.1 Å². The highest BCUT2D eigenvalue weighted by atomic mass is 16.2. The Kier molecular flexibility index (Phi) is 5.07. The number of nitrogens with one attached hydrogen (secondary N) is 1. The molecule has 62 valence electrons. The maximum atomic E-state index is 10.6. The predicted molar refractivity (Wildman–Crippen MR) is 46.3 cm³/mol. The number of carbonyl (C=O) groups is 1. The van der Waals surface area contributed by atoms with Crippen LogP contribution < -0.4 is 5.43 Å². The van der Waals surface area contributed by atoms with Gasteiger partial charge in [0.25, 0.3) is 0 Å². The van der Waals surface area contributed by atoms with Crippen molar-refractivity contribution < 1.29 is 4.79 Å². The number of hydrogen-bond donors (Lipinski definition) is 1. The van der Waals surface area contributed by atoms with Crippen LogP contribution >= 0.6 is 0 Å². The summed E-state index contributed by atoms with van der Waals surface area (Å²) in [6.07, 6.45) is 3.85. The topological polar surface area (TPSA) is 41.5 Å². The molecule has 0 aliphatic rings. The highest BCUT2D eigenvalue weighted by molar-refractivity contribution is 5.76. The molecule has 3 nitrogen and oxygen atoms in total. The molecule has 3 heteroatoms. The van der Waals surface area contributed by atoms with Crippen molar-refractivity contribution in [2.45, 2.75) is 20.3 Å². The van der Waals surface area contributed by atoms with Crippen LogP contribution in [0.4, 0.5) is 0 Å². The monoisotopic (exact) mass is 154 g/mol. The van der Waals surface area contributed by atoms with Crippen LogP contribution in [-0.2, 0) is 4.79 Å². The molecule has 0 fully saturated rings. The summed E-state index contributed by atoms with van der Waals surface area (Å²) >= 11 is 0. The molecule has 0 heterocycles. The second-order valence-electron chi connectivity index (χ2n) is 2.26. The quantitative estimate of drug-likeness (QED) is 0.370. The zero-order valence-electron chi connectivity index (χ0n) is 7.00. The van der Waals surface area contributed by atoms with Crippen molar-refractivity contribution in [3.8, 4) is 0 Å². The highest BCUT2D eigenvalue weighted by Gasteiger charge is 1.92. The van der Waals surface area contributed by atoms with E-state index >= 15 is 0 Å². The van der Waals surface area contributed by atoms with Gasteiger partial charge in [-0.2, -0.15) is 5.10 Å². The van der Waals surface area contributed by atoms with Crippen LogP contribution in [0.1, 0.15) is 20.3 Å². The van der Waals surface area contributed by atoms with Crippen molar-refractivity contribution in [1.29, 1.82) is 0 Å². The number of rotatable bonds is 4. The fourth-order valence-corrected chi connectivity index (χ4v) is 0.367. The van der Waals surface area contributed by atoms with Gasteiger partial charge in [0.15, 0.2) is 0 Å². The van der Waals surface area contributed by atoms with Gasteiger partial charge in [0, 0.05) is 18.6 Å². The molecule has 0 aromatic carbocycles. The van der Waals surface area contributed by atoms with Crippen LogP contribution in [0.2, 0.25) is 0 Å². The van der Waals surface area contributed by atoms with Crippen molar-refractivity contribution in [1.82, 2.24) is 5.43 Å². The summed E-state index contributed by atoms with van der Waals surface area (Å²) < 4.78 is 0. The molecule has 0 rings (SSSR count). The van der Waals surface area contributed by atoms with E-state index in [-0.39, 0.29) is 11.8 Å². The molecule has 1 N–H and O–H groups in total. The highest BCUT2D eigenvalue weighted by Crippen LogP contribution is 1.88. The summed E-state index contributed by atoms with van der Waals surface area (Å²) in [7, 11) is 0. The average molecular weight is 154 g/mol. The molecule has 0 aromatic heterocycles. The second-order valence-corrected chi connectivity index (χ2v) is 2.26. The van der Waals surface area contributed by atoms with E-state index in [1.165, 1.54) is 0 Å². The summed E-state index contributed by atoms with van der Waals surface area (Å²) in [6, 6.07) is 0. The Labute approximate surface area is 67.2 Å². The van der Waals surface area contributed by atoms with Crippen molar-refractivity contribution >= 4 is 12.1 Å². The molecule has 0 aromatic rings. The number of allylic oxidation sites excluding steroid dienone is 1. The van der Waals surface area contributed by atoms with Gasteiger partial charge in [-0.15, -0.1) is 6.58 Å². The number of nitrogens with zero attached hydrogens (tertiary/aromatic N) is 1. The van der Waals surface area contributed by atoms with Crippen LogP contribution in [0.15, 0.2) is 17.8 Å². The van der Waals surface area contributed by atoms with E-state index in [1.807, 2.05) is 6.92 Å². The lowest BCUT2D eigenvalue weighted by atomic mass is 10.2. The first-order valence-corrected chi connectivity index (χ1v) is 3.65. The lowest BCUT2D eigenvalue weighted by Crippen LogP contribution is -2.16. The predicted octanol–water partition coefficient (Wildman–Crippen LogP) is 1.32. The fourth-order valence-electron chi connectivity index (χ4n) is 0.367. The van der Waals surface area contributed by atoms with E-state index in [9.17, 15) is 4.79 Å². The average Bonchev–Trinajstić information content (AvgIpc) is 2.04. The van der Waals surface area contributed by atoms with Gasteiger partial charge in [-0.05, 0) is 0 Å². The molecule has 0 bridgehead atoms. The van der Waals surface area contributed by atoms with Gasteiger partial charge >= 0.3 is 0 Å². The molecule has 1 amide bonds. The summed E-state index contributed by atoms with van der Waals surface area (Å²) in [6.45, 7) is 7.29. The molecule has 1 unspecified atom stereocenters. The minimum absolute atomic E-state index is 0.0717. The van der Waals surface area contributed by atoms with E-state index in [0.717, 1.165) is 0 Å². The first-order chi connectivity index (χ1) is 5.20. The third-order valence-corrected chi connectivity index (χ3v) is 1.19. The smallest absolute Gasteiger partial charge is 0.239 e. The van der Waals surface area contributed by atoms with Gasteiger partial charge < -0.3 is 0 Å². The summed E-state index contributed by atoms with van der Waals surface area (Å²) in [5.41, 5.74) is 2.38. The van der Waals surface area contributed by atoms with Crippen LogP contribution in [0.5, 0.6) is 0 Å². The van der Waals surface area contributed by atoms with Gasteiger partial charge in [-0.25, -0.2) is 5.43 Å². The van der Waals surface area contributed by atoms with Gasteiger partial charge in [0.1, 0.15) is 0 Å². The molecular formula is C8H14N2O. The van der Waals surface area contributed by atoms with Crippen LogP contribution in [-0.4, -0.2) is 12.1 Å². The maximum Gasteiger partial charge on any atom is 0.239 e. The lowest BCUT2D eigenvalue weighted by Gasteiger charge is -1.96. The molecule has 0 spiro atoms. The molecule has 1 atom stereocenters. The van der Waals surface area contributed by atoms with Crippen molar-refractivity contribution in [2.24, 2.45) is 11.0 Å². The standard InChI is InChI=1S/C8H14N2O/c1-4-7(3)6-9-10-8(11)5-2/h4,6-7H,1,5H2,2-3H3,(H,10,11)/b9-6+. The molecule has 0 aliphatic carbocycles. The summed E-state index contributed by atoms with van der Waals surface area (Å²) in [4.78, 5) is 10.6. The summed E-state index contributed by atoms with van der Waals surface area (Å²) in [5, 5.41) is 3.72. The fraction of sp³-hybridized carbons (Fsp3) is 0.500. The molecule has 0 saturated heterocycles. The first kappa shape index (κ1) is 9.88. The van der Waals surface area contributed by atoms with Gasteiger partial charge in [-0.3, -0.25) is 4.79 Å². The Balaban J connectivity index is 3.59. The van der Waals surface area contributed by atoms with Crippen LogP contribution in [0, 0.1) is 5.92 Å². The molecule has 0 radical (unpaired) electrons. The number of amides is 1. The Morgan fingerprint density at radius 2 is 2.45 bits per heavy atom. The molecule has 11 heavy (non-hydrogen) atoms. The zero-order valence-corrected chi connectivity index (χ0v) is 7.00. The van der Waals surface area contributed by atoms with Gasteiger partial charge in [0.2, 0.25) is 5.91 Å². The number of hydrogen-bond acceptors (Lipinski definition) is 2. The van der Waals surface area contributed by atoms with Crippen molar-refractivity contribution in [3.63, 3.8) is 0 Å². The zero-order chi connectivity index (χ0) is 8.69. The Bertz CT molecular complexity index is 163. The van der Waals surface area contributed by atoms with Crippen molar-refractivity contribution in [2.75, 3.05) is 0 Å². The number of carbonyl (C=O) groups excluding carboxylic acids is 1. The van der Waals surface area contributed by atoms with E-state index in [0.29, 0.717) is 6.42 Å². The third kappa shape index (κ3) is 5.33. The maximum absolute atomic E-state index is 10.6. The Morgan fingerprint density at radius 1 is 1.82 bits per heavy atom. The Hall–Kier alpha value is -1.12. The largest absolute Gasteiger partial charge is 0.273 e. The minimum Gasteiger partial charge on any atom is -0.273 e. The molecule has 0 aliphatic heterocycles. The minimum atomic E-state index is -0.0717. The Morgan fingerprint density at radius 3 is 2.91 bits per heavy atom. The van der Waals surface area contributed by atoms with E-state index in [4.69, 9.17) is 0 Å². The van der Waals surface area contributed by atoms with Crippen LogP contribution in [0.25, 0.3) is 0 Å². The first-order valence-electron chi connectivity index (χ1n) is 3.65. The van der Waals surface area contributed by atoms with E-state index < -0.39 is 0 Å². The lowest BCUT2D eigenvalue weighted by molar-refractivity contribution is -0.120.